The molecule has 0 N–H and O–H groups in total. The van der Waals surface area contributed by atoms with Crippen LogP contribution in [0.25, 0.3) is 10.8 Å². The molecule has 0 nitrogen and oxygen atoms in total. The number of rotatable bonds is 4. The minimum Gasteiger partial charge on any atom is -0.206 e. The average molecular weight is 431 g/mol. The summed E-state index contributed by atoms with van der Waals surface area (Å²) < 4.78 is 14.6. The number of hydrogen-bond donors (Lipinski definition) is 0. The van der Waals surface area contributed by atoms with E-state index in [9.17, 15) is 4.39 Å². The summed E-state index contributed by atoms with van der Waals surface area (Å²) in [5.74, 6) is 12.7. The van der Waals surface area contributed by atoms with Crippen LogP contribution in [0, 0.1) is 29.5 Å². The molecule has 162 valence electrons. The van der Waals surface area contributed by atoms with Gasteiger partial charge < -0.3 is 0 Å². The van der Waals surface area contributed by atoms with Crippen LogP contribution in [0.5, 0.6) is 0 Å². The predicted molar refractivity (Wildman–Crippen MR) is 137 cm³/mol. The Hall–Kier alpha value is -3.81. The third-order valence-corrected chi connectivity index (χ3v) is 5.63. The third kappa shape index (κ3) is 5.71. The van der Waals surface area contributed by atoms with Gasteiger partial charge in [0.25, 0.3) is 0 Å². The molecule has 0 aliphatic heterocycles. The largest absolute Gasteiger partial charge is 0.206 e. The number of hydrogen-bond acceptors (Lipinski definition) is 0. The minimum atomic E-state index is -0.109. The van der Waals surface area contributed by atoms with Gasteiger partial charge in [-0.05, 0) is 77.9 Å². The second-order valence-electron chi connectivity index (χ2n) is 8.25. The van der Waals surface area contributed by atoms with Gasteiger partial charge in [0.15, 0.2) is 0 Å². The summed E-state index contributed by atoms with van der Waals surface area (Å²) in [6.07, 6.45) is 3.95. The van der Waals surface area contributed by atoms with E-state index in [0.29, 0.717) is 5.39 Å². The Morgan fingerprint density at radius 1 is 0.576 bits per heavy atom. The topological polar surface area (TPSA) is 0 Å². The molecule has 0 radical (unpaired) electrons. The van der Waals surface area contributed by atoms with Crippen molar-refractivity contribution < 1.29 is 4.39 Å². The van der Waals surface area contributed by atoms with Crippen molar-refractivity contribution in [1.82, 2.24) is 0 Å². The maximum absolute atomic E-state index is 14.6. The summed E-state index contributed by atoms with van der Waals surface area (Å²) in [6.45, 7) is 4.25. The Morgan fingerprint density at radius 2 is 1.09 bits per heavy atom. The van der Waals surface area contributed by atoms with Crippen LogP contribution < -0.4 is 0 Å². The highest BCUT2D eigenvalue weighted by atomic mass is 19.1. The van der Waals surface area contributed by atoms with Crippen LogP contribution in [-0.4, -0.2) is 0 Å². The highest BCUT2D eigenvalue weighted by Crippen LogP contribution is 2.23. The van der Waals surface area contributed by atoms with Crippen molar-refractivity contribution >= 4 is 10.8 Å². The lowest BCUT2D eigenvalue weighted by molar-refractivity contribution is 0.619. The van der Waals surface area contributed by atoms with Crippen molar-refractivity contribution in [3.05, 3.63) is 118 Å². The first-order valence-electron chi connectivity index (χ1n) is 11.6. The van der Waals surface area contributed by atoms with Gasteiger partial charge in [0, 0.05) is 27.6 Å². The molecule has 0 atom stereocenters. The Labute approximate surface area is 196 Å². The summed E-state index contributed by atoms with van der Waals surface area (Å²) in [5, 5.41) is 1.54. The number of aryl methyl sites for hydroxylation is 2. The molecule has 4 aromatic rings. The highest BCUT2D eigenvalue weighted by molar-refractivity contribution is 5.85. The molecule has 0 amide bonds. The molecule has 0 aliphatic carbocycles. The van der Waals surface area contributed by atoms with Crippen LogP contribution in [0.3, 0.4) is 0 Å². The Kier molecular flexibility index (Phi) is 7.24. The molecule has 0 heterocycles. The molecule has 4 rings (SSSR count). The maximum Gasteiger partial charge on any atom is 0.134 e. The highest BCUT2D eigenvalue weighted by Gasteiger charge is 2.06. The van der Waals surface area contributed by atoms with E-state index in [4.69, 9.17) is 0 Å². The minimum absolute atomic E-state index is 0.109. The van der Waals surface area contributed by atoms with Crippen LogP contribution in [0.15, 0.2) is 78.9 Å². The number of fused-ring (bicyclic) bond motifs is 1. The van der Waals surface area contributed by atoms with Crippen molar-refractivity contribution in [1.29, 1.82) is 0 Å². The van der Waals surface area contributed by atoms with Gasteiger partial charge in [-0.3, -0.25) is 0 Å². The van der Waals surface area contributed by atoms with Crippen LogP contribution in [0.2, 0.25) is 0 Å². The fourth-order valence-electron chi connectivity index (χ4n) is 3.85. The maximum atomic E-state index is 14.6. The summed E-state index contributed by atoms with van der Waals surface area (Å²) in [6, 6.07) is 26.0. The van der Waals surface area contributed by atoms with Crippen LogP contribution in [-0.2, 0) is 12.8 Å². The van der Waals surface area contributed by atoms with E-state index < -0.39 is 0 Å². The molecular formula is C32H27F. The van der Waals surface area contributed by atoms with E-state index in [1.165, 1.54) is 5.56 Å². The van der Waals surface area contributed by atoms with E-state index in [2.05, 4.69) is 61.8 Å². The van der Waals surface area contributed by atoms with Gasteiger partial charge in [-0.1, -0.05) is 80.7 Å². The molecule has 0 spiro atoms. The molecule has 4 aromatic carbocycles. The monoisotopic (exact) mass is 430 g/mol. The van der Waals surface area contributed by atoms with E-state index >= 15 is 0 Å². The zero-order valence-electron chi connectivity index (χ0n) is 19.2. The van der Waals surface area contributed by atoms with Crippen LogP contribution >= 0.6 is 0 Å². The first kappa shape index (κ1) is 22.4. The molecule has 1 heteroatoms. The molecule has 0 aromatic heterocycles. The Bertz CT molecular complexity index is 1370. The summed E-state index contributed by atoms with van der Waals surface area (Å²) in [4.78, 5) is 0. The lowest BCUT2D eigenvalue weighted by atomic mass is 10.0. The van der Waals surface area contributed by atoms with E-state index in [1.807, 2.05) is 54.6 Å². The normalized spacial score (nSPS) is 10.3. The van der Waals surface area contributed by atoms with Gasteiger partial charge in [-0.25, -0.2) is 4.39 Å². The van der Waals surface area contributed by atoms with Gasteiger partial charge in [0.05, 0.1) is 0 Å². The molecular weight excluding hydrogens is 403 g/mol. The van der Waals surface area contributed by atoms with Gasteiger partial charge in [-0.2, -0.15) is 0 Å². The fraction of sp³-hybridized carbons (Fsp3) is 0.188. The molecule has 0 saturated heterocycles. The smallest absolute Gasteiger partial charge is 0.134 e. The first-order valence-corrected chi connectivity index (χ1v) is 11.6. The van der Waals surface area contributed by atoms with Gasteiger partial charge >= 0.3 is 0 Å². The standard InChI is InChI=1S/C32H27F/c1-3-5-24-7-9-25(10-8-24)11-12-26-13-15-27(16-14-26)17-18-28-19-22-31-30(23-28)21-20-29(6-4-2)32(31)33/h7-10,13-16,19-23H,3-6H2,1-2H3. The second-order valence-corrected chi connectivity index (χ2v) is 8.25. The van der Waals surface area contributed by atoms with Crippen molar-refractivity contribution in [3.63, 3.8) is 0 Å². The van der Waals surface area contributed by atoms with Gasteiger partial charge in [-0.15, -0.1) is 0 Å². The zero-order valence-corrected chi connectivity index (χ0v) is 19.2. The van der Waals surface area contributed by atoms with Crippen LogP contribution in [0.4, 0.5) is 4.39 Å². The first-order chi connectivity index (χ1) is 16.2. The van der Waals surface area contributed by atoms with Gasteiger partial charge in [0.2, 0.25) is 0 Å². The van der Waals surface area contributed by atoms with Crippen molar-refractivity contribution in [2.75, 3.05) is 0 Å². The Morgan fingerprint density at radius 3 is 1.67 bits per heavy atom. The van der Waals surface area contributed by atoms with E-state index in [0.717, 1.165) is 58.9 Å². The van der Waals surface area contributed by atoms with Crippen LogP contribution in [0.1, 0.15) is 60.1 Å². The third-order valence-electron chi connectivity index (χ3n) is 5.63. The van der Waals surface area contributed by atoms with Crippen molar-refractivity contribution in [2.45, 2.75) is 39.5 Å². The quantitative estimate of drug-likeness (QED) is 0.291. The second kappa shape index (κ2) is 10.7. The predicted octanol–water partition coefficient (Wildman–Crippen LogP) is 7.68. The fourth-order valence-corrected chi connectivity index (χ4v) is 3.85. The zero-order chi connectivity index (χ0) is 23.0. The van der Waals surface area contributed by atoms with E-state index in [1.54, 1.807) is 0 Å². The molecule has 0 aliphatic rings. The Balaban J connectivity index is 1.47. The van der Waals surface area contributed by atoms with Gasteiger partial charge in [0.1, 0.15) is 5.82 Å². The van der Waals surface area contributed by atoms with Crippen molar-refractivity contribution in [3.8, 4) is 23.7 Å². The summed E-state index contributed by atoms with van der Waals surface area (Å²) in [5.41, 5.74) is 5.91. The summed E-state index contributed by atoms with van der Waals surface area (Å²) >= 11 is 0. The van der Waals surface area contributed by atoms with E-state index in [-0.39, 0.29) is 5.82 Å². The average Bonchev–Trinajstić information content (AvgIpc) is 2.85. The van der Waals surface area contributed by atoms with Crippen molar-refractivity contribution in [2.24, 2.45) is 0 Å². The summed E-state index contributed by atoms with van der Waals surface area (Å²) in [7, 11) is 0. The number of halogens is 1. The molecule has 0 saturated carbocycles. The SMILES string of the molecule is CCCc1ccc(C#Cc2ccc(C#Cc3ccc4c(F)c(CCC)ccc4c3)cc2)cc1. The molecule has 0 fully saturated rings. The lowest BCUT2D eigenvalue weighted by Gasteiger charge is -2.06. The molecule has 33 heavy (non-hydrogen) atoms. The molecule has 0 unspecified atom stereocenters. The molecule has 0 bridgehead atoms. The number of benzene rings is 4. The lowest BCUT2D eigenvalue weighted by Crippen LogP contribution is -1.91.